The van der Waals surface area contributed by atoms with Crippen molar-refractivity contribution in [2.45, 2.75) is 38.1 Å². The number of methoxy groups -OCH3 is 1. The monoisotopic (exact) mass is 278 g/mol. The molecule has 0 aliphatic heterocycles. The summed E-state index contributed by atoms with van der Waals surface area (Å²) in [5.41, 5.74) is -0.710. The van der Waals surface area contributed by atoms with E-state index in [-0.39, 0.29) is 5.91 Å². The number of amides is 1. The van der Waals surface area contributed by atoms with Crippen LogP contribution in [-0.2, 0) is 0 Å². The van der Waals surface area contributed by atoms with Crippen LogP contribution in [0.4, 0.5) is 0 Å². The summed E-state index contributed by atoms with van der Waals surface area (Å²) in [6, 6.07) is 4.07. The molecule has 1 heterocycles. The molecule has 1 aliphatic carbocycles. The van der Waals surface area contributed by atoms with Gasteiger partial charge in [-0.05, 0) is 43.0 Å². The molecule has 0 atom stereocenters. The van der Waals surface area contributed by atoms with Gasteiger partial charge in [0.05, 0.1) is 13.2 Å². The summed E-state index contributed by atoms with van der Waals surface area (Å²) in [7, 11) is 1.54. The van der Waals surface area contributed by atoms with Gasteiger partial charge in [0.15, 0.2) is 0 Å². The fourth-order valence-corrected chi connectivity index (χ4v) is 3.17. The minimum Gasteiger partial charge on any atom is -0.495 e. The minimum absolute atomic E-state index is 0.206. The molecular weight excluding hydrogens is 260 g/mol. The highest BCUT2D eigenvalue weighted by Gasteiger charge is 2.36. The zero-order valence-corrected chi connectivity index (χ0v) is 12.0. The minimum atomic E-state index is -0.710. The van der Waals surface area contributed by atoms with Crippen molar-refractivity contribution < 1.29 is 9.53 Å². The molecule has 1 aliphatic rings. The Morgan fingerprint density at radius 1 is 1.58 bits per heavy atom. The van der Waals surface area contributed by atoms with Gasteiger partial charge in [0.1, 0.15) is 16.2 Å². The van der Waals surface area contributed by atoms with Gasteiger partial charge in [-0.15, -0.1) is 11.3 Å². The van der Waals surface area contributed by atoms with Crippen molar-refractivity contribution in [3.8, 4) is 11.8 Å². The maximum absolute atomic E-state index is 12.3. The lowest BCUT2D eigenvalue weighted by atomic mass is 9.78. The van der Waals surface area contributed by atoms with Crippen LogP contribution in [0.25, 0.3) is 0 Å². The van der Waals surface area contributed by atoms with Gasteiger partial charge >= 0.3 is 0 Å². The summed E-state index contributed by atoms with van der Waals surface area (Å²) >= 11 is 1.33. The molecule has 0 unspecified atom stereocenters. The standard InChI is InChI=1S/C14H18N2O2S/c1-10-3-6-14(9-15,7-4-10)16-13(17)12-11(18-2)5-8-19-12/h5,8,10H,3-4,6-7H2,1-2H3,(H,16,17). The first-order chi connectivity index (χ1) is 9.10. The van der Waals surface area contributed by atoms with Crippen molar-refractivity contribution in [3.63, 3.8) is 0 Å². The number of hydrogen-bond donors (Lipinski definition) is 1. The largest absolute Gasteiger partial charge is 0.495 e. The Hall–Kier alpha value is -1.54. The van der Waals surface area contributed by atoms with Crippen molar-refractivity contribution in [2.24, 2.45) is 5.92 Å². The van der Waals surface area contributed by atoms with E-state index in [0.29, 0.717) is 16.5 Å². The lowest BCUT2D eigenvalue weighted by Gasteiger charge is -2.34. The fraction of sp³-hybridized carbons (Fsp3) is 0.571. The van der Waals surface area contributed by atoms with E-state index in [1.165, 1.54) is 11.3 Å². The molecule has 1 aromatic heterocycles. The predicted molar refractivity (Wildman–Crippen MR) is 74.3 cm³/mol. The van der Waals surface area contributed by atoms with Crippen LogP contribution in [0.15, 0.2) is 11.4 Å². The molecular formula is C14H18N2O2S. The molecule has 0 saturated heterocycles. The van der Waals surface area contributed by atoms with Crippen LogP contribution < -0.4 is 10.1 Å². The normalized spacial score (nSPS) is 26.5. The Labute approximate surface area is 117 Å². The van der Waals surface area contributed by atoms with E-state index in [9.17, 15) is 10.1 Å². The molecule has 1 amide bonds. The Morgan fingerprint density at radius 3 is 2.84 bits per heavy atom. The maximum atomic E-state index is 12.3. The number of nitrogens with one attached hydrogen (secondary N) is 1. The quantitative estimate of drug-likeness (QED) is 0.924. The van der Waals surface area contributed by atoms with Gasteiger partial charge in [0, 0.05) is 0 Å². The first-order valence-corrected chi connectivity index (χ1v) is 7.33. The first kappa shape index (κ1) is 13.9. The van der Waals surface area contributed by atoms with Crippen LogP contribution >= 0.6 is 11.3 Å². The molecule has 1 fully saturated rings. The maximum Gasteiger partial charge on any atom is 0.266 e. The lowest BCUT2D eigenvalue weighted by molar-refractivity contribution is 0.0895. The van der Waals surface area contributed by atoms with Crippen molar-refractivity contribution in [3.05, 3.63) is 16.3 Å². The average molecular weight is 278 g/mol. The summed E-state index contributed by atoms with van der Waals surface area (Å²) < 4.78 is 5.15. The summed E-state index contributed by atoms with van der Waals surface area (Å²) in [5, 5.41) is 14.1. The average Bonchev–Trinajstić information content (AvgIpc) is 2.90. The first-order valence-electron chi connectivity index (χ1n) is 6.45. The number of ether oxygens (including phenoxy) is 1. The summed E-state index contributed by atoms with van der Waals surface area (Å²) in [4.78, 5) is 12.8. The highest BCUT2D eigenvalue weighted by Crippen LogP contribution is 2.32. The van der Waals surface area contributed by atoms with Crippen LogP contribution in [0.5, 0.6) is 5.75 Å². The molecule has 0 spiro atoms. The molecule has 19 heavy (non-hydrogen) atoms. The number of nitriles is 1. The Kier molecular flexibility index (Phi) is 4.11. The van der Waals surface area contributed by atoms with E-state index in [4.69, 9.17) is 4.74 Å². The fourth-order valence-electron chi connectivity index (χ4n) is 2.42. The highest BCUT2D eigenvalue weighted by molar-refractivity contribution is 7.12. The van der Waals surface area contributed by atoms with Crippen molar-refractivity contribution in [1.82, 2.24) is 5.32 Å². The van der Waals surface area contributed by atoms with Gasteiger partial charge in [-0.25, -0.2) is 0 Å². The predicted octanol–water partition coefficient (Wildman–Crippen LogP) is 2.96. The molecule has 1 aromatic rings. The molecule has 102 valence electrons. The van der Waals surface area contributed by atoms with E-state index < -0.39 is 5.54 Å². The van der Waals surface area contributed by atoms with Crippen molar-refractivity contribution in [1.29, 1.82) is 5.26 Å². The van der Waals surface area contributed by atoms with Gasteiger partial charge in [-0.2, -0.15) is 5.26 Å². The SMILES string of the molecule is COc1ccsc1C(=O)NC1(C#N)CCC(C)CC1. The molecule has 0 bridgehead atoms. The van der Waals surface area contributed by atoms with Gasteiger partial charge < -0.3 is 10.1 Å². The zero-order valence-electron chi connectivity index (χ0n) is 11.2. The van der Waals surface area contributed by atoms with Gasteiger partial charge in [-0.3, -0.25) is 4.79 Å². The van der Waals surface area contributed by atoms with Crippen LogP contribution in [0, 0.1) is 17.2 Å². The molecule has 1 saturated carbocycles. The van der Waals surface area contributed by atoms with Crippen LogP contribution in [0.1, 0.15) is 42.3 Å². The number of thiophene rings is 1. The van der Waals surface area contributed by atoms with Crippen LogP contribution in [-0.4, -0.2) is 18.6 Å². The number of carbonyl (C=O) groups is 1. The molecule has 0 radical (unpaired) electrons. The summed E-state index contributed by atoms with van der Waals surface area (Å²) in [6.07, 6.45) is 3.42. The van der Waals surface area contributed by atoms with Crippen LogP contribution in [0.3, 0.4) is 0 Å². The number of carbonyl (C=O) groups excluding carboxylic acids is 1. The van der Waals surface area contributed by atoms with E-state index >= 15 is 0 Å². The van der Waals surface area contributed by atoms with E-state index in [1.807, 2.05) is 5.38 Å². The third-order valence-electron chi connectivity index (χ3n) is 3.75. The van der Waals surface area contributed by atoms with Gasteiger partial charge in [0.2, 0.25) is 0 Å². The van der Waals surface area contributed by atoms with E-state index in [1.54, 1.807) is 13.2 Å². The van der Waals surface area contributed by atoms with Crippen molar-refractivity contribution >= 4 is 17.2 Å². The summed E-state index contributed by atoms with van der Waals surface area (Å²) in [6.45, 7) is 2.19. The van der Waals surface area contributed by atoms with E-state index in [2.05, 4.69) is 18.3 Å². The Morgan fingerprint density at radius 2 is 2.26 bits per heavy atom. The topological polar surface area (TPSA) is 62.1 Å². The number of hydrogen-bond acceptors (Lipinski definition) is 4. The third-order valence-corrected chi connectivity index (χ3v) is 4.64. The second kappa shape index (κ2) is 5.62. The number of nitrogens with zero attached hydrogens (tertiary/aromatic N) is 1. The molecule has 4 nitrogen and oxygen atoms in total. The smallest absolute Gasteiger partial charge is 0.266 e. The van der Waals surface area contributed by atoms with Gasteiger partial charge in [-0.1, -0.05) is 6.92 Å². The lowest BCUT2D eigenvalue weighted by Crippen LogP contribution is -2.49. The molecule has 2 rings (SSSR count). The zero-order chi connectivity index (χ0) is 13.9. The summed E-state index contributed by atoms with van der Waals surface area (Å²) in [5.74, 6) is 0.998. The number of rotatable bonds is 3. The second-order valence-corrected chi connectivity index (χ2v) is 6.06. The highest BCUT2D eigenvalue weighted by atomic mass is 32.1. The Bertz CT molecular complexity index is 496. The molecule has 1 N–H and O–H groups in total. The van der Waals surface area contributed by atoms with Gasteiger partial charge in [0.25, 0.3) is 5.91 Å². The second-order valence-electron chi connectivity index (χ2n) is 5.15. The van der Waals surface area contributed by atoms with E-state index in [0.717, 1.165) is 25.7 Å². The Balaban J connectivity index is 2.11. The van der Waals surface area contributed by atoms with Crippen LogP contribution in [0.2, 0.25) is 0 Å². The third kappa shape index (κ3) is 2.90. The molecule has 5 heteroatoms. The molecule has 0 aromatic carbocycles. The van der Waals surface area contributed by atoms with Crippen molar-refractivity contribution in [2.75, 3.05) is 7.11 Å².